The van der Waals surface area contributed by atoms with Crippen molar-refractivity contribution in [2.24, 2.45) is 5.73 Å². The molecule has 0 radical (unpaired) electrons. The van der Waals surface area contributed by atoms with E-state index < -0.39 is 5.91 Å². The molecule has 0 saturated heterocycles. The molecule has 2 aromatic carbocycles. The number of primary amides is 1. The molecular weight excluding hydrogens is 326 g/mol. The van der Waals surface area contributed by atoms with Crippen molar-refractivity contribution in [1.82, 2.24) is 9.97 Å². The Labute approximate surface area is 153 Å². The number of aromatic amines is 1. The SMILES string of the molecule is Cc1cccc(C)c1-c1ccc(OCC(N)=O)c(-c2nc(C)c(C)[nH]2)c1. The smallest absolute Gasteiger partial charge is 0.255 e. The third-order valence-corrected chi connectivity index (χ3v) is 4.50. The maximum absolute atomic E-state index is 11.1. The quantitative estimate of drug-likeness (QED) is 0.734. The van der Waals surface area contributed by atoms with E-state index in [0.717, 1.165) is 22.5 Å². The Balaban J connectivity index is 2.15. The molecule has 5 nitrogen and oxygen atoms in total. The Morgan fingerprint density at radius 2 is 1.81 bits per heavy atom. The van der Waals surface area contributed by atoms with Crippen LogP contribution < -0.4 is 10.5 Å². The summed E-state index contributed by atoms with van der Waals surface area (Å²) >= 11 is 0. The lowest BCUT2D eigenvalue weighted by molar-refractivity contribution is -0.119. The first-order valence-electron chi connectivity index (χ1n) is 8.52. The lowest BCUT2D eigenvalue weighted by atomic mass is 9.94. The Hall–Kier alpha value is -3.08. The number of imidazole rings is 1. The molecule has 0 aliphatic rings. The fraction of sp³-hybridized carbons (Fsp3) is 0.238. The van der Waals surface area contributed by atoms with Gasteiger partial charge in [0, 0.05) is 5.69 Å². The van der Waals surface area contributed by atoms with Gasteiger partial charge in [-0.05, 0) is 62.1 Å². The number of nitrogens with two attached hydrogens (primary N) is 1. The number of aryl methyl sites for hydroxylation is 4. The summed E-state index contributed by atoms with van der Waals surface area (Å²) in [6, 6.07) is 12.2. The highest BCUT2D eigenvalue weighted by Crippen LogP contribution is 2.35. The van der Waals surface area contributed by atoms with E-state index in [1.54, 1.807) is 0 Å². The van der Waals surface area contributed by atoms with Crippen molar-refractivity contribution in [3.05, 3.63) is 58.9 Å². The average molecular weight is 349 g/mol. The van der Waals surface area contributed by atoms with E-state index in [0.29, 0.717) is 11.6 Å². The second-order valence-corrected chi connectivity index (χ2v) is 6.53. The Morgan fingerprint density at radius 1 is 1.12 bits per heavy atom. The van der Waals surface area contributed by atoms with E-state index in [9.17, 15) is 4.79 Å². The highest BCUT2D eigenvalue weighted by atomic mass is 16.5. The Morgan fingerprint density at radius 3 is 2.38 bits per heavy atom. The van der Waals surface area contributed by atoms with Gasteiger partial charge in [0.25, 0.3) is 5.91 Å². The van der Waals surface area contributed by atoms with Crippen LogP contribution in [0.1, 0.15) is 22.5 Å². The number of amides is 1. The summed E-state index contributed by atoms with van der Waals surface area (Å²) in [5, 5.41) is 0. The van der Waals surface area contributed by atoms with Crippen molar-refractivity contribution in [3.8, 4) is 28.3 Å². The molecule has 1 heterocycles. The van der Waals surface area contributed by atoms with Gasteiger partial charge in [0.05, 0.1) is 11.3 Å². The number of aromatic nitrogens is 2. The molecule has 134 valence electrons. The summed E-state index contributed by atoms with van der Waals surface area (Å²) in [6.07, 6.45) is 0. The minimum absolute atomic E-state index is 0.172. The van der Waals surface area contributed by atoms with Gasteiger partial charge in [-0.2, -0.15) is 0 Å². The molecule has 0 bridgehead atoms. The maximum atomic E-state index is 11.1. The second-order valence-electron chi connectivity index (χ2n) is 6.53. The number of rotatable bonds is 5. The molecule has 3 rings (SSSR count). The minimum atomic E-state index is -0.512. The topological polar surface area (TPSA) is 81.0 Å². The standard InChI is InChI=1S/C21H23N3O2/c1-12-6-5-7-13(2)20(12)16-8-9-18(26-11-19(22)25)17(10-16)21-23-14(3)15(4)24-21/h5-10H,11H2,1-4H3,(H2,22,25)(H,23,24). The van der Waals surface area contributed by atoms with Gasteiger partial charge < -0.3 is 15.5 Å². The number of hydrogen-bond acceptors (Lipinski definition) is 3. The van der Waals surface area contributed by atoms with Crippen LogP contribution in [0.4, 0.5) is 0 Å². The van der Waals surface area contributed by atoms with Crippen LogP contribution in [-0.4, -0.2) is 22.5 Å². The molecule has 0 saturated carbocycles. The van der Waals surface area contributed by atoms with Crippen LogP contribution in [0.15, 0.2) is 36.4 Å². The van der Waals surface area contributed by atoms with Gasteiger partial charge >= 0.3 is 0 Å². The number of H-pyrrole nitrogens is 1. The summed E-state index contributed by atoms with van der Waals surface area (Å²) in [5.74, 6) is 0.779. The molecule has 26 heavy (non-hydrogen) atoms. The molecular formula is C21H23N3O2. The fourth-order valence-corrected chi connectivity index (χ4v) is 3.09. The molecule has 3 aromatic rings. The number of carbonyl (C=O) groups is 1. The molecule has 0 fully saturated rings. The lowest BCUT2D eigenvalue weighted by Gasteiger charge is -2.14. The van der Waals surface area contributed by atoms with Crippen LogP contribution in [0.5, 0.6) is 5.75 Å². The zero-order valence-corrected chi connectivity index (χ0v) is 15.5. The lowest BCUT2D eigenvalue weighted by Crippen LogP contribution is -2.20. The van der Waals surface area contributed by atoms with E-state index >= 15 is 0 Å². The van der Waals surface area contributed by atoms with Gasteiger partial charge in [0.15, 0.2) is 6.61 Å². The fourth-order valence-electron chi connectivity index (χ4n) is 3.09. The molecule has 0 atom stereocenters. The van der Waals surface area contributed by atoms with E-state index in [2.05, 4.69) is 42.0 Å². The van der Waals surface area contributed by atoms with Crippen molar-refractivity contribution >= 4 is 5.91 Å². The molecule has 3 N–H and O–H groups in total. The summed E-state index contributed by atoms with van der Waals surface area (Å²) in [7, 11) is 0. The van der Waals surface area contributed by atoms with Gasteiger partial charge in [-0.1, -0.05) is 24.3 Å². The van der Waals surface area contributed by atoms with Gasteiger partial charge in [0.2, 0.25) is 0 Å². The van der Waals surface area contributed by atoms with Gasteiger partial charge in [-0.3, -0.25) is 4.79 Å². The number of nitrogens with one attached hydrogen (secondary N) is 1. The first kappa shape index (κ1) is 17.7. The Bertz CT molecular complexity index is 934. The van der Waals surface area contributed by atoms with Crippen molar-refractivity contribution in [2.75, 3.05) is 6.61 Å². The largest absolute Gasteiger partial charge is 0.483 e. The average Bonchev–Trinajstić information content (AvgIpc) is 2.92. The monoisotopic (exact) mass is 349 g/mol. The van der Waals surface area contributed by atoms with Crippen molar-refractivity contribution < 1.29 is 9.53 Å². The number of benzene rings is 2. The van der Waals surface area contributed by atoms with E-state index in [4.69, 9.17) is 10.5 Å². The van der Waals surface area contributed by atoms with Crippen LogP contribution in [0.2, 0.25) is 0 Å². The Kier molecular flexibility index (Phi) is 4.80. The first-order valence-corrected chi connectivity index (χ1v) is 8.52. The molecule has 0 aliphatic carbocycles. The number of carbonyl (C=O) groups excluding carboxylic acids is 1. The maximum Gasteiger partial charge on any atom is 0.255 e. The summed E-state index contributed by atoms with van der Waals surface area (Å²) in [6.45, 7) is 7.95. The van der Waals surface area contributed by atoms with Crippen molar-refractivity contribution in [2.45, 2.75) is 27.7 Å². The highest BCUT2D eigenvalue weighted by molar-refractivity contribution is 5.79. The van der Waals surface area contributed by atoms with Crippen LogP contribution >= 0.6 is 0 Å². The molecule has 5 heteroatoms. The predicted octanol–water partition coefficient (Wildman–Crippen LogP) is 3.84. The minimum Gasteiger partial charge on any atom is -0.483 e. The molecule has 0 unspecified atom stereocenters. The predicted molar refractivity (Wildman–Crippen MR) is 103 cm³/mol. The van der Waals surface area contributed by atoms with E-state index in [1.165, 1.54) is 16.7 Å². The zero-order valence-electron chi connectivity index (χ0n) is 15.5. The highest BCUT2D eigenvalue weighted by Gasteiger charge is 2.15. The zero-order chi connectivity index (χ0) is 18.8. The summed E-state index contributed by atoms with van der Waals surface area (Å²) < 4.78 is 5.62. The number of ether oxygens (including phenoxy) is 1. The molecule has 1 amide bonds. The summed E-state index contributed by atoms with van der Waals surface area (Å²) in [5.41, 5.74) is 12.6. The number of hydrogen-bond donors (Lipinski definition) is 2. The van der Waals surface area contributed by atoms with Crippen molar-refractivity contribution in [1.29, 1.82) is 0 Å². The molecule has 0 aliphatic heterocycles. The second kappa shape index (κ2) is 7.04. The van der Waals surface area contributed by atoms with Crippen LogP contribution in [0, 0.1) is 27.7 Å². The molecule has 0 spiro atoms. The number of nitrogens with zero attached hydrogens (tertiary/aromatic N) is 1. The van der Waals surface area contributed by atoms with Gasteiger partial charge in [-0.15, -0.1) is 0 Å². The van der Waals surface area contributed by atoms with E-state index in [-0.39, 0.29) is 6.61 Å². The van der Waals surface area contributed by atoms with E-state index in [1.807, 2.05) is 32.0 Å². The third-order valence-electron chi connectivity index (χ3n) is 4.50. The summed E-state index contributed by atoms with van der Waals surface area (Å²) in [4.78, 5) is 19.0. The van der Waals surface area contributed by atoms with Crippen LogP contribution in [0.3, 0.4) is 0 Å². The van der Waals surface area contributed by atoms with Gasteiger partial charge in [0.1, 0.15) is 11.6 Å². The van der Waals surface area contributed by atoms with Gasteiger partial charge in [-0.25, -0.2) is 4.98 Å². The third kappa shape index (κ3) is 3.47. The van der Waals surface area contributed by atoms with Crippen LogP contribution in [-0.2, 0) is 4.79 Å². The first-order chi connectivity index (χ1) is 12.4. The molecule has 1 aromatic heterocycles. The van der Waals surface area contributed by atoms with Crippen molar-refractivity contribution in [3.63, 3.8) is 0 Å². The van der Waals surface area contributed by atoms with Crippen LogP contribution in [0.25, 0.3) is 22.5 Å². The normalized spacial score (nSPS) is 10.8.